The monoisotopic (exact) mass is 274 g/mol. The Morgan fingerprint density at radius 1 is 1.47 bits per heavy atom. The van der Waals surface area contributed by atoms with E-state index in [4.69, 9.17) is 5.26 Å². The van der Waals surface area contributed by atoms with Crippen LogP contribution in [0.5, 0.6) is 0 Å². The van der Waals surface area contributed by atoms with Gasteiger partial charge in [0, 0.05) is 13.6 Å². The fraction of sp³-hybridized carbons (Fsp3) is 0.333. The third kappa shape index (κ3) is 3.44. The van der Waals surface area contributed by atoms with Gasteiger partial charge >= 0.3 is 12.3 Å². The average molecular weight is 274 g/mol. The van der Waals surface area contributed by atoms with Crippen LogP contribution in [0.15, 0.2) is 24.3 Å². The number of rotatable bonds is 4. The molecule has 0 saturated carbocycles. The molecule has 19 heavy (non-hydrogen) atoms. The van der Waals surface area contributed by atoms with Crippen LogP contribution in [0.4, 0.5) is 17.6 Å². The lowest BCUT2D eigenvalue weighted by molar-refractivity contribution is -0.179. The van der Waals surface area contributed by atoms with Crippen LogP contribution in [0.3, 0.4) is 0 Å². The Morgan fingerprint density at radius 2 is 2.11 bits per heavy atom. The number of benzene rings is 1. The zero-order chi connectivity index (χ0) is 14.6. The van der Waals surface area contributed by atoms with Gasteiger partial charge in [0.1, 0.15) is 0 Å². The Hall–Kier alpha value is -2.10. The molecule has 0 aliphatic carbocycles. The molecule has 0 fully saturated rings. The van der Waals surface area contributed by atoms with Gasteiger partial charge in [-0.25, -0.2) is 8.78 Å². The molecule has 0 unspecified atom stereocenters. The highest BCUT2D eigenvalue weighted by Gasteiger charge is 2.50. The van der Waals surface area contributed by atoms with Gasteiger partial charge in [-0.3, -0.25) is 4.79 Å². The SMILES string of the molecule is CN(Cc1cccc(C#N)c1)C(=O)C(F)(F)C(F)F. The molecule has 0 atom stereocenters. The summed E-state index contributed by atoms with van der Waals surface area (Å²) in [7, 11) is 0.998. The number of nitriles is 1. The number of amides is 1. The molecule has 1 aromatic carbocycles. The summed E-state index contributed by atoms with van der Waals surface area (Å²) < 4.78 is 49.8. The summed E-state index contributed by atoms with van der Waals surface area (Å²) in [5.41, 5.74) is 0.693. The number of carbonyl (C=O) groups excluding carboxylic acids is 1. The van der Waals surface area contributed by atoms with Crippen LogP contribution in [0, 0.1) is 11.3 Å². The molecule has 1 rings (SSSR count). The molecular weight excluding hydrogens is 264 g/mol. The van der Waals surface area contributed by atoms with Crippen molar-refractivity contribution in [1.82, 2.24) is 4.90 Å². The summed E-state index contributed by atoms with van der Waals surface area (Å²) in [6.07, 6.45) is -4.05. The molecule has 1 amide bonds. The summed E-state index contributed by atoms with van der Waals surface area (Å²) in [4.78, 5) is 11.7. The summed E-state index contributed by atoms with van der Waals surface area (Å²) >= 11 is 0. The van der Waals surface area contributed by atoms with E-state index in [1.807, 2.05) is 6.07 Å². The summed E-state index contributed by atoms with van der Waals surface area (Å²) in [6.45, 7) is -0.281. The lowest BCUT2D eigenvalue weighted by atomic mass is 10.1. The van der Waals surface area contributed by atoms with Crippen molar-refractivity contribution in [1.29, 1.82) is 5.26 Å². The van der Waals surface area contributed by atoms with Crippen molar-refractivity contribution >= 4 is 5.91 Å². The minimum Gasteiger partial charge on any atom is -0.336 e. The maximum absolute atomic E-state index is 12.8. The van der Waals surface area contributed by atoms with Crippen LogP contribution in [0.1, 0.15) is 11.1 Å². The number of halogens is 4. The second-order valence-electron chi connectivity index (χ2n) is 3.90. The Kier molecular flexibility index (Phi) is 4.48. The van der Waals surface area contributed by atoms with E-state index in [9.17, 15) is 22.4 Å². The topological polar surface area (TPSA) is 44.1 Å². The number of alkyl halides is 4. The first-order valence-electron chi connectivity index (χ1n) is 5.19. The molecule has 0 radical (unpaired) electrons. The number of hydrogen-bond donors (Lipinski definition) is 0. The first-order chi connectivity index (χ1) is 8.78. The minimum absolute atomic E-state index is 0.281. The van der Waals surface area contributed by atoms with Gasteiger partial charge in [0.25, 0.3) is 5.91 Å². The van der Waals surface area contributed by atoms with E-state index in [2.05, 4.69) is 0 Å². The van der Waals surface area contributed by atoms with Gasteiger partial charge in [-0.15, -0.1) is 0 Å². The Balaban J connectivity index is 2.82. The molecule has 7 heteroatoms. The predicted molar refractivity (Wildman–Crippen MR) is 58.6 cm³/mol. The molecule has 0 bridgehead atoms. The van der Waals surface area contributed by atoms with E-state index in [0.29, 0.717) is 16.0 Å². The summed E-state index contributed by atoms with van der Waals surface area (Å²) in [5.74, 6) is -6.66. The molecule has 0 spiro atoms. The van der Waals surface area contributed by atoms with E-state index in [0.717, 1.165) is 7.05 Å². The smallest absolute Gasteiger partial charge is 0.336 e. The van der Waals surface area contributed by atoms with Crippen LogP contribution < -0.4 is 0 Å². The normalized spacial score (nSPS) is 11.2. The van der Waals surface area contributed by atoms with Crippen LogP contribution in [0.25, 0.3) is 0 Å². The molecule has 0 saturated heterocycles. The van der Waals surface area contributed by atoms with Crippen molar-refractivity contribution < 1.29 is 22.4 Å². The second kappa shape index (κ2) is 5.69. The zero-order valence-electron chi connectivity index (χ0n) is 9.91. The van der Waals surface area contributed by atoms with E-state index in [-0.39, 0.29) is 6.54 Å². The third-order valence-electron chi connectivity index (χ3n) is 2.38. The highest BCUT2D eigenvalue weighted by atomic mass is 19.3. The number of carbonyl (C=O) groups is 1. The molecule has 0 aliphatic heterocycles. The van der Waals surface area contributed by atoms with E-state index < -0.39 is 18.3 Å². The van der Waals surface area contributed by atoms with Gasteiger partial charge in [0.05, 0.1) is 11.6 Å². The predicted octanol–water partition coefficient (Wildman–Crippen LogP) is 2.42. The molecule has 0 N–H and O–H groups in total. The highest BCUT2D eigenvalue weighted by Crippen LogP contribution is 2.25. The van der Waals surface area contributed by atoms with E-state index in [1.54, 1.807) is 0 Å². The molecule has 102 valence electrons. The van der Waals surface area contributed by atoms with Crippen molar-refractivity contribution in [2.75, 3.05) is 7.05 Å². The Morgan fingerprint density at radius 3 is 2.63 bits per heavy atom. The van der Waals surface area contributed by atoms with E-state index >= 15 is 0 Å². The molecule has 0 aromatic heterocycles. The first kappa shape index (κ1) is 15.0. The maximum atomic E-state index is 12.8. The largest absolute Gasteiger partial charge is 0.383 e. The minimum atomic E-state index is -4.71. The number of hydrogen-bond acceptors (Lipinski definition) is 2. The molecule has 0 aliphatic rings. The third-order valence-corrected chi connectivity index (χ3v) is 2.38. The summed E-state index contributed by atoms with van der Waals surface area (Å²) in [6, 6.07) is 7.76. The number of nitrogens with zero attached hydrogens (tertiary/aromatic N) is 2. The van der Waals surface area contributed by atoms with E-state index in [1.165, 1.54) is 24.3 Å². The fourth-order valence-electron chi connectivity index (χ4n) is 1.43. The molecule has 1 aromatic rings. The Labute approximate surface area is 107 Å². The standard InChI is InChI=1S/C12H10F4N2O/c1-18(11(19)12(15,16)10(13)14)7-9-4-2-3-8(5-9)6-17/h2-5,10H,7H2,1H3. The van der Waals surface area contributed by atoms with Crippen LogP contribution in [-0.2, 0) is 11.3 Å². The van der Waals surface area contributed by atoms with Gasteiger partial charge in [0.2, 0.25) is 0 Å². The van der Waals surface area contributed by atoms with Gasteiger partial charge < -0.3 is 4.90 Å². The van der Waals surface area contributed by atoms with Crippen molar-refractivity contribution in [2.45, 2.75) is 18.9 Å². The Bertz CT molecular complexity index is 511. The van der Waals surface area contributed by atoms with Crippen LogP contribution in [-0.4, -0.2) is 30.2 Å². The van der Waals surface area contributed by atoms with Crippen molar-refractivity contribution in [2.24, 2.45) is 0 Å². The van der Waals surface area contributed by atoms with Gasteiger partial charge in [-0.05, 0) is 17.7 Å². The maximum Gasteiger partial charge on any atom is 0.383 e. The molecular formula is C12H10F4N2O. The molecule has 3 nitrogen and oxygen atoms in total. The zero-order valence-corrected chi connectivity index (χ0v) is 9.91. The second-order valence-corrected chi connectivity index (χ2v) is 3.90. The summed E-state index contributed by atoms with van der Waals surface area (Å²) in [5, 5.41) is 8.66. The lowest BCUT2D eigenvalue weighted by Gasteiger charge is -2.22. The van der Waals surface area contributed by atoms with Crippen molar-refractivity contribution in [3.8, 4) is 6.07 Å². The first-order valence-corrected chi connectivity index (χ1v) is 5.19. The van der Waals surface area contributed by atoms with Crippen LogP contribution >= 0.6 is 0 Å². The van der Waals surface area contributed by atoms with Gasteiger partial charge in [0.15, 0.2) is 0 Å². The van der Waals surface area contributed by atoms with Gasteiger partial charge in [-0.1, -0.05) is 12.1 Å². The quantitative estimate of drug-likeness (QED) is 0.791. The lowest BCUT2D eigenvalue weighted by Crippen LogP contribution is -2.45. The van der Waals surface area contributed by atoms with Crippen molar-refractivity contribution in [3.63, 3.8) is 0 Å². The van der Waals surface area contributed by atoms with Crippen molar-refractivity contribution in [3.05, 3.63) is 35.4 Å². The molecule has 0 heterocycles. The average Bonchev–Trinajstić information content (AvgIpc) is 2.37. The fourth-order valence-corrected chi connectivity index (χ4v) is 1.43. The van der Waals surface area contributed by atoms with Gasteiger partial charge in [-0.2, -0.15) is 14.0 Å². The highest BCUT2D eigenvalue weighted by molar-refractivity contribution is 5.83. The van der Waals surface area contributed by atoms with Crippen LogP contribution in [0.2, 0.25) is 0 Å².